The average molecular weight is 806 g/mol. The first kappa shape index (κ1) is 36.5. The minimum Gasteiger partial charge on any atom is -0.504 e. The Morgan fingerprint density at radius 2 is 1.66 bits per heavy atom. The third-order valence-corrected chi connectivity index (χ3v) is 16.7. The lowest BCUT2D eigenvalue weighted by molar-refractivity contribution is -0.138. The molecule has 2 fully saturated rings. The summed E-state index contributed by atoms with van der Waals surface area (Å²) in [4.78, 5) is 28.3. The molecule has 0 unspecified atom stereocenters. The largest absolute Gasteiger partial charge is 0.504 e. The topological polar surface area (TPSA) is 85.3 Å². The van der Waals surface area contributed by atoms with E-state index >= 15 is 0 Å². The Balaban J connectivity index is 1.37. The molecule has 0 spiro atoms. The second kappa shape index (κ2) is 14.8. The van der Waals surface area contributed by atoms with Crippen LogP contribution in [0.25, 0.3) is 6.08 Å². The SMILES string of the molecule is CC/C(=C\c1cc(I)c(O)c(OC)c1)CC[C@H]1OC[C@H]2C1=C(CO[Si](c1ccccc1)(c1ccccc1)C(C)(C)C)C[C@H]1C(=O)N(C)C(=O)[C@H]12. The van der Waals surface area contributed by atoms with Crippen LogP contribution in [-0.2, 0) is 18.8 Å². The number of hydrogen-bond acceptors (Lipinski definition) is 6. The molecule has 2 amide bonds. The predicted octanol–water partition coefficient (Wildman–Crippen LogP) is 7.10. The summed E-state index contributed by atoms with van der Waals surface area (Å²) in [5.41, 5.74) is 4.51. The zero-order valence-electron chi connectivity index (χ0n) is 29.9. The normalized spacial score (nSPS) is 22.6. The Labute approximate surface area is 311 Å². The molecule has 4 atom stereocenters. The molecular weight excluding hydrogens is 757 g/mol. The zero-order valence-corrected chi connectivity index (χ0v) is 33.0. The zero-order chi connectivity index (χ0) is 35.8. The van der Waals surface area contributed by atoms with Crippen molar-refractivity contribution in [1.29, 1.82) is 0 Å². The first-order valence-electron chi connectivity index (χ1n) is 17.6. The number of imide groups is 1. The lowest BCUT2D eigenvalue weighted by Crippen LogP contribution is -2.66. The highest BCUT2D eigenvalue weighted by atomic mass is 127. The summed E-state index contributed by atoms with van der Waals surface area (Å²) in [6, 6.07) is 25.0. The maximum absolute atomic E-state index is 13.5. The molecule has 1 aliphatic carbocycles. The summed E-state index contributed by atoms with van der Waals surface area (Å²) in [6.45, 7) is 9.78. The lowest BCUT2D eigenvalue weighted by Gasteiger charge is -2.44. The van der Waals surface area contributed by atoms with Crippen molar-refractivity contribution in [1.82, 2.24) is 4.90 Å². The van der Waals surface area contributed by atoms with Crippen LogP contribution >= 0.6 is 22.6 Å². The summed E-state index contributed by atoms with van der Waals surface area (Å²) in [7, 11) is 0.324. The van der Waals surface area contributed by atoms with Crippen LogP contribution in [0.1, 0.15) is 58.9 Å². The summed E-state index contributed by atoms with van der Waals surface area (Å²) < 4.78 is 20.2. The van der Waals surface area contributed by atoms with Gasteiger partial charge in [-0.15, -0.1) is 0 Å². The number of halogens is 1. The van der Waals surface area contributed by atoms with Gasteiger partial charge in [0.05, 0.1) is 41.8 Å². The molecule has 0 saturated carbocycles. The van der Waals surface area contributed by atoms with Gasteiger partial charge in [-0.05, 0) is 92.5 Å². The van der Waals surface area contributed by atoms with Crippen molar-refractivity contribution in [3.63, 3.8) is 0 Å². The van der Waals surface area contributed by atoms with Crippen molar-refractivity contribution in [3.05, 3.63) is 98.6 Å². The van der Waals surface area contributed by atoms with Crippen molar-refractivity contribution in [2.45, 2.75) is 64.5 Å². The molecule has 0 radical (unpaired) electrons. The Kier molecular flexibility index (Phi) is 10.8. The molecule has 3 aliphatic rings. The van der Waals surface area contributed by atoms with Gasteiger partial charge in [-0.3, -0.25) is 14.5 Å². The molecule has 3 aromatic carbocycles. The van der Waals surface area contributed by atoms with Gasteiger partial charge < -0.3 is 19.0 Å². The number of likely N-dealkylation sites (tertiary alicyclic amines) is 1. The van der Waals surface area contributed by atoms with Crippen molar-refractivity contribution in [2.75, 3.05) is 27.4 Å². The van der Waals surface area contributed by atoms with Crippen molar-refractivity contribution < 1.29 is 28.6 Å². The monoisotopic (exact) mass is 805 g/mol. The second-order valence-electron chi connectivity index (χ2n) is 14.8. The standard InChI is InChI=1S/C41H48INO6Si/c1-7-26(20-27-21-33(42)38(44)35(22-27)47-6)18-19-34-36-28(23-31-37(32(36)25-48-34)40(46)43(5)39(31)45)24-49-50(41(2,3)4,29-14-10-8-11-15-29)30-16-12-9-13-17-30/h8-17,20-22,31-32,34,37,44H,7,18-19,23-25H2,1-6H3/b26-20+/t31-,32+,34-,37-/m1/s1. The first-order valence-corrected chi connectivity index (χ1v) is 20.6. The average Bonchev–Trinajstić information content (AvgIpc) is 3.63. The highest BCUT2D eigenvalue weighted by Crippen LogP contribution is 2.50. The van der Waals surface area contributed by atoms with E-state index in [9.17, 15) is 14.7 Å². The van der Waals surface area contributed by atoms with Crippen molar-refractivity contribution in [2.24, 2.45) is 17.8 Å². The van der Waals surface area contributed by atoms with Gasteiger partial charge >= 0.3 is 0 Å². The van der Waals surface area contributed by atoms with Gasteiger partial charge in [0.15, 0.2) is 11.5 Å². The van der Waals surface area contributed by atoms with E-state index in [4.69, 9.17) is 13.9 Å². The van der Waals surface area contributed by atoms with E-state index in [0.29, 0.717) is 25.4 Å². The highest BCUT2D eigenvalue weighted by molar-refractivity contribution is 14.1. The molecule has 0 bridgehead atoms. The fourth-order valence-electron chi connectivity index (χ4n) is 8.46. The number of fused-ring (bicyclic) bond motifs is 3. The van der Waals surface area contributed by atoms with Crippen LogP contribution in [0.4, 0.5) is 0 Å². The maximum Gasteiger partial charge on any atom is 0.261 e. The number of nitrogens with zero attached hydrogens (tertiary/aromatic N) is 1. The number of carbonyl (C=O) groups excluding carboxylic acids is 2. The number of amides is 2. The Morgan fingerprint density at radius 1 is 1.02 bits per heavy atom. The fraction of sp³-hybridized carbons (Fsp3) is 0.415. The van der Waals surface area contributed by atoms with Crippen LogP contribution in [-0.4, -0.2) is 63.6 Å². The smallest absolute Gasteiger partial charge is 0.261 e. The number of carbonyl (C=O) groups is 2. The van der Waals surface area contributed by atoms with E-state index in [0.717, 1.165) is 39.5 Å². The number of methoxy groups -OCH3 is 1. The van der Waals surface area contributed by atoms with E-state index in [2.05, 4.69) is 105 Å². The van der Waals surface area contributed by atoms with Crippen LogP contribution < -0.4 is 15.1 Å². The number of phenols is 1. The number of allylic oxidation sites excluding steroid dienone is 1. The van der Waals surface area contributed by atoms with E-state index in [1.54, 1.807) is 14.2 Å². The van der Waals surface area contributed by atoms with Crippen LogP contribution in [0.3, 0.4) is 0 Å². The molecule has 9 heteroatoms. The summed E-state index contributed by atoms with van der Waals surface area (Å²) in [6.07, 6.45) is 4.93. The molecule has 3 aromatic rings. The van der Waals surface area contributed by atoms with Crippen molar-refractivity contribution in [3.8, 4) is 11.5 Å². The Hall–Kier alpha value is -3.25. The fourth-order valence-corrected chi connectivity index (χ4v) is 13.6. The molecule has 50 heavy (non-hydrogen) atoms. The van der Waals surface area contributed by atoms with E-state index < -0.39 is 14.2 Å². The molecule has 1 N–H and O–H groups in total. The number of aromatic hydroxyl groups is 1. The van der Waals surface area contributed by atoms with E-state index in [1.165, 1.54) is 20.8 Å². The summed E-state index contributed by atoms with van der Waals surface area (Å²) in [5.74, 6) is -0.515. The molecule has 6 rings (SSSR count). The minimum absolute atomic E-state index is 0.0938. The lowest BCUT2D eigenvalue weighted by atomic mass is 9.69. The van der Waals surface area contributed by atoms with Crippen LogP contribution in [0, 0.1) is 21.3 Å². The van der Waals surface area contributed by atoms with Gasteiger partial charge in [0.25, 0.3) is 8.32 Å². The number of phenolic OH excluding ortho intramolecular Hbond substituents is 1. The third kappa shape index (κ3) is 6.62. The van der Waals surface area contributed by atoms with Crippen LogP contribution in [0.15, 0.2) is 89.5 Å². The molecule has 2 saturated heterocycles. The van der Waals surface area contributed by atoms with Gasteiger partial charge in [0, 0.05) is 13.0 Å². The quantitative estimate of drug-likeness (QED) is 0.0964. The second-order valence-corrected chi connectivity index (χ2v) is 20.2. The van der Waals surface area contributed by atoms with Gasteiger partial charge in [0.2, 0.25) is 11.8 Å². The minimum atomic E-state index is -2.85. The molecule has 2 aliphatic heterocycles. The first-order chi connectivity index (χ1) is 23.9. The number of ether oxygens (including phenoxy) is 2. The maximum atomic E-state index is 13.5. The Morgan fingerprint density at radius 3 is 2.24 bits per heavy atom. The van der Waals surface area contributed by atoms with Gasteiger partial charge in [-0.2, -0.15) is 0 Å². The molecular formula is C41H48INO6Si. The number of benzene rings is 3. The summed E-state index contributed by atoms with van der Waals surface area (Å²) >= 11 is 2.13. The van der Waals surface area contributed by atoms with Crippen LogP contribution in [0.2, 0.25) is 5.04 Å². The van der Waals surface area contributed by atoms with Gasteiger partial charge in [-0.1, -0.05) is 100 Å². The summed E-state index contributed by atoms with van der Waals surface area (Å²) in [5, 5.41) is 12.6. The Bertz CT molecular complexity index is 1760. The van der Waals surface area contributed by atoms with Gasteiger partial charge in [-0.25, -0.2) is 0 Å². The predicted molar refractivity (Wildman–Crippen MR) is 208 cm³/mol. The van der Waals surface area contributed by atoms with Crippen molar-refractivity contribution >= 4 is 59.2 Å². The third-order valence-electron chi connectivity index (χ3n) is 10.9. The highest BCUT2D eigenvalue weighted by Gasteiger charge is 2.57. The number of hydrogen-bond donors (Lipinski definition) is 1. The van der Waals surface area contributed by atoms with E-state index in [-0.39, 0.29) is 40.5 Å². The van der Waals surface area contributed by atoms with E-state index in [1.807, 2.05) is 24.3 Å². The van der Waals surface area contributed by atoms with Crippen LogP contribution in [0.5, 0.6) is 11.5 Å². The van der Waals surface area contributed by atoms with Gasteiger partial charge in [0.1, 0.15) is 0 Å². The molecule has 2 heterocycles. The number of rotatable bonds is 11. The molecule has 264 valence electrons. The molecule has 7 nitrogen and oxygen atoms in total. The molecule has 0 aromatic heterocycles.